The van der Waals surface area contributed by atoms with Gasteiger partial charge in [0.1, 0.15) is 11.4 Å². The number of nitrogens with zero attached hydrogens (tertiary/aromatic N) is 4. The van der Waals surface area contributed by atoms with Crippen LogP contribution in [-0.2, 0) is 11.2 Å². The Balaban J connectivity index is 1.56. The number of nitrogens with two attached hydrogens (primary N) is 1. The summed E-state index contributed by atoms with van der Waals surface area (Å²) in [5.74, 6) is -1.37. The molecule has 0 atom stereocenters. The van der Waals surface area contributed by atoms with Crippen molar-refractivity contribution in [3.8, 4) is 17.2 Å². The van der Waals surface area contributed by atoms with Crippen LogP contribution in [0.25, 0.3) is 5.69 Å². The number of amides is 3. The third kappa shape index (κ3) is 4.15. The summed E-state index contributed by atoms with van der Waals surface area (Å²) >= 11 is 0. The predicted octanol–water partition coefficient (Wildman–Crippen LogP) is 2.85. The quantitative estimate of drug-likeness (QED) is 0.548. The molecule has 3 aromatic rings. The number of hydrogen-bond donors (Lipinski definition) is 1. The highest BCUT2D eigenvalue weighted by Crippen LogP contribution is 2.37. The minimum Gasteiger partial charge on any atom is -0.494 e. The van der Waals surface area contributed by atoms with Crippen molar-refractivity contribution in [3.05, 3.63) is 59.2 Å². The molecule has 0 aliphatic carbocycles. The van der Waals surface area contributed by atoms with Crippen LogP contribution >= 0.6 is 0 Å². The molecule has 1 aromatic heterocycles. The third-order valence-corrected chi connectivity index (χ3v) is 6.72. The number of ether oxygens (including phenoxy) is 2. The van der Waals surface area contributed by atoms with E-state index in [1.807, 2.05) is 0 Å². The lowest BCUT2D eigenvalue weighted by molar-refractivity contribution is -0.119. The van der Waals surface area contributed by atoms with Crippen molar-refractivity contribution in [2.45, 2.75) is 25.7 Å². The lowest BCUT2D eigenvalue weighted by Gasteiger charge is -2.31. The highest BCUT2D eigenvalue weighted by molar-refractivity contribution is 6.10. The van der Waals surface area contributed by atoms with E-state index in [4.69, 9.17) is 15.2 Å². The molecule has 3 amide bonds. The molecule has 2 aliphatic heterocycles. The van der Waals surface area contributed by atoms with E-state index < -0.39 is 17.6 Å². The SMILES string of the molecule is COc1ccc(-n2nc(C(N)=O)c3c2C(=O)N(c2ccc(N4CCCCC4=O)cc2OC)CC3)cc1F. The molecule has 2 aliphatic rings. The van der Waals surface area contributed by atoms with E-state index in [1.54, 1.807) is 23.1 Å². The molecule has 0 radical (unpaired) electrons. The molecular formula is C26H26FN5O5. The Kier molecular flexibility index (Phi) is 6.28. The van der Waals surface area contributed by atoms with Crippen LogP contribution in [0, 0.1) is 5.82 Å². The Hall–Kier alpha value is -4.41. The van der Waals surface area contributed by atoms with E-state index >= 15 is 0 Å². The molecule has 192 valence electrons. The highest BCUT2D eigenvalue weighted by Gasteiger charge is 2.36. The van der Waals surface area contributed by atoms with Gasteiger partial charge in [-0.05, 0) is 43.5 Å². The van der Waals surface area contributed by atoms with Crippen molar-refractivity contribution in [3.63, 3.8) is 0 Å². The number of primary amides is 1. The number of carbonyl (C=O) groups excluding carboxylic acids is 3. The van der Waals surface area contributed by atoms with Gasteiger partial charge in [0.15, 0.2) is 17.3 Å². The van der Waals surface area contributed by atoms with Crippen molar-refractivity contribution in [1.82, 2.24) is 9.78 Å². The Morgan fingerprint density at radius 2 is 1.70 bits per heavy atom. The monoisotopic (exact) mass is 507 g/mol. The van der Waals surface area contributed by atoms with Crippen molar-refractivity contribution >= 4 is 29.1 Å². The second-order valence-electron chi connectivity index (χ2n) is 8.84. The van der Waals surface area contributed by atoms with Crippen LogP contribution in [0.1, 0.15) is 45.8 Å². The van der Waals surface area contributed by atoms with E-state index in [9.17, 15) is 18.8 Å². The second kappa shape index (κ2) is 9.57. The molecule has 2 N–H and O–H groups in total. The minimum absolute atomic E-state index is 0.0323. The van der Waals surface area contributed by atoms with Gasteiger partial charge in [-0.2, -0.15) is 5.10 Å². The van der Waals surface area contributed by atoms with Gasteiger partial charge < -0.3 is 25.0 Å². The van der Waals surface area contributed by atoms with Gasteiger partial charge >= 0.3 is 0 Å². The van der Waals surface area contributed by atoms with E-state index in [-0.39, 0.29) is 35.3 Å². The Morgan fingerprint density at radius 3 is 2.38 bits per heavy atom. The predicted molar refractivity (Wildman–Crippen MR) is 133 cm³/mol. The first-order chi connectivity index (χ1) is 17.8. The van der Waals surface area contributed by atoms with Gasteiger partial charge in [0.2, 0.25) is 5.91 Å². The fraction of sp³-hybridized carbons (Fsp3) is 0.308. The summed E-state index contributed by atoms with van der Waals surface area (Å²) in [6, 6.07) is 9.39. The number of benzene rings is 2. The smallest absolute Gasteiger partial charge is 0.277 e. The molecule has 0 bridgehead atoms. The lowest BCUT2D eigenvalue weighted by Crippen LogP contribution is -2.39. The number of methoxy groups -OCH3 is 2. The van der Waals surface area contributed by atoms with Crippen LogP contribution in [0.4, 0.5) is 15.8 Å². The number of anilines is 2. The van der Waals surface area contributed by atoms with Crippen molar-refractivity contribution < 1.29 is 28.2 Å². The summed E-state index contributed by atoms with van der Waals surface area (Å²) in [5, 5.41) is 4.27. The Bertz CT molecular complexity index is 1420. The van der Waals surface area contributed by atoms with Crippen molar-refractivity contribution in [2.75, 3.05) is 37.1 Å². The molecule has 0 unspecified atom stereocenters. The van der Waals surface area contributed by atoms with Crippen LogP contribution in [0.15, 0.2) is 36.4 Å². The lowest BCUT2D eigenvalue weighted by atomic mass is 10.0. The molecule has 1 saturated heterocycles. The fourth-order valence-electron chi connectivity index (χ4n) is 4.90. The summed E-state index contributed by atoms with van der Waals surface area (Å²) in [7, 11) is 2.84. The third-order valence-electron chi connectivity index (χ3n) is 6.72. The number of hydrogen-bond acceptors (Lipinski definition) is 6. The van der Waals surface area contributed by atoms with E-state index in [0.29, 0.717) is 42.1 Å². The number of piperidine rings is 1. The number of aromatic nitrogens is 2. The Labute approximate surface area is 212 Å². The van der Waals surface area contributed by atoms with Crippen LogP contribution in [0.2, 0.25) is 0 Å². The van der Waals surface area contributed by atoms with Crippen molar-refractivity contribution in [1.29, 1.82) is 0 Å². The molecule has 0 saturated carbocycles. The fourth-order valence-corrected chi connectivity index (χ4v) is 4.90. The van der Waals surface area contributed by atoms with Gasteiger partial charge in [-0.15, -0.1) is 0 Å². The van der Waals surface area contributed by atoms with Gasteiger partial charge in [0, 0.05) is 42.9 Å². The average molecular weight is 508 g/mol. The van der Waals surface area contributed by atoms with Gasteiger partial charge in [0.05, 0.1) is 25.6 Å². The first-order valence-electron chi connectivity index (χ1n) is 11.9. The first kappa shape index (κ1) is 24.3. The number of carbonyl (C=O) groups is 3. The first-order valence-corrected chi connectivity index (χ1v) is 11.9. The topological polar surface area (TPSA) is 120 Å². The number of rotatable bonds is 6. The zero-order valence-electron chi connectivity index (χ0n) is 20.5. The number of fused-ring (bicyclic) bond motifs is 1. The molecule has 3 heterocycles. The zero-order valence-corrected chi connectivity index (χ0v) is 20.5. The molecule has 11 heteroatoms. The molecular weight excluding hydrogens is 481 g/mol. The van der Waals surface area contributed by atoms with E-state index in [1.165, 1.54) is 42.0 Å². The summed E-state index contributed by atoms with van der Waals surface area (Å²) in [5.41, 5.74) is 7.47. The van der Waals surface area contributed by atoms with Crippen LogP contribution in [-0.4, -0.2) is 54.8 Å². The maximum Gasteiger partial charge on any atom is 0.277 e. The van der Waals surface area contributed by atoms with Crippen LogP contribution in [0.3, 0.4) is 0 Å². The van der Waals surface area contributed by atoms with Gasteiger partial charge in [-0.25, -0.2) is 9.07 Å². The van der Waals surface area contributed by atoms with Gasteiger partial charge in [-0.1, -0.05) is 0 Å². The Morgan fingerprint density at radius 1 is 0.946 bits per heavy atom. The summed E-state index contributed by atoms with van der Waals surface area (Å²) in [6.45, 7) is 0.869. The molecule has 5 rings (SSSR count). The van der Waals surface area contributed by atoms with Crippen LogP contribution in [0.5, 0.6) is 11.5 Å². The maximum absolute atomic E-state index is 14.5. The van der Waals surface area contributed by atoms with Crippen molar-refractivity contribution in [2.24, 2.45) is 5.73 Å². The molecule has 0 spiro atoms. The largest absolute Gasteiger partial charge is 0.494 e. The molecule has 10 nitrogen and oxygen atoms in total. The highest BCUT2D eigenvalue weighted by atomic mass is 19.1. The number of halogens is 1. The van der Waals surface area contributed by atoms with Gasteiger partial charge in [-0.3, -0.25) is 14.4 Å². The van der Waals surface area contributed by atoms with Gasteiger partial charge in [0.25, 0.3) is 11.8 Å². The molecule has 2 aromatic carbocycles. The standard InChI is InChI=1S/C26H26FN5O5/c1-36-20-9-7-16(13-18(20)27)32-24-17(23(29-32)25(28)34)10-12-31(26(24)35)19-8-6-15(14-21(19)37-2)30-11-4-3-5-22(30)33/h6-9,13-14H,3-5,10-12H2,1-2H3,(H2,28,34). The summed E-state index contributed by atoms with van der Waals surface area (Å²) in [6.07, 6.45) is 2.58. The van der Waals surface area contributed by atoms with E-state index in [0.717, 1.165) is 12.8 Å². The summed E-state index contributed by atoms with van der Waals surface area (Å²) < 4.78 is 26.3. The maximum atomic E-state index is 14.5. The molecule has 37 heavy (non-hydrogen) atoms. The second-order valence-corrected chi connectivity index (χ2v) is 8.84. The average Bonchev–Trinajstić information content (AvgIpc) is 3.30. The minimum atomic E-state index is -0.779. The van der Waals surface area contributed by atoms with E-state index in [2.05, 4.69) is 5.10 Å². The normalized spacial score (nSPS) is 15.5. The van der Waals surface area contributed by atoms with Crippen LogP contribution < -0.4 is 25.0 Å². The molecule has 1 fully saturated rings. The zero-order chi connectivity index (χ0) is 26.3. The summed E-state index contributed by atoms with van der Waals surface area (Å²) in [4.78, 5) is 41.6.